The van der Waals surface area contributed by atoms with Gasteiger partial charge in [-0.3, -0.25) is 14.2 Å². The fraction of sp³-hybridized carbons (Fsp3) is 0.364. The molecule has 9 heteroatoms. The lowest BCUT2D eigenvalue weighted by molar-refractivity contribution is -0.132. The minimum atomic E-state index is -0.210. The van der Waals surface area contributed by atoms with E-state index in [9.17, 15) is 9.59 Å². The number of hydrogen-bond acceptors (Lipinski definition) is 6. The minimum Gasteiger partial charge on any atom is -0.461 e. The van der Waals surface area contributed by atoms with E-state index in [1.165, 1.54) is 11.8 Å². The van der Waals surface area contributed by atoms with Gasteiger partial charge in [0.1, 0.15) is 0 Å². The Morgan fingerprint density at radius 3 is 2.65 bits per heavy atom. The molecule has 1 N–H and O–H groups in total. The molecule has 164 valence electrons. The Morgan fingerprint density at radius 1 is 1.16 bits per heavy atom. The smallest absolute Gasteiger partial charge is 0.244 e. The highest BCUT2D eigenvalue weighted by molar-refractivity contribution is 7.99. The number of amides is 2. The molecule has 0 radical (unpaired) electrons. The zero-order valence-corrected chi connectivity index (χ0v) is 18.8. The summed E-state index contributed by atoms with van der Waals surface area (Å²) >= 11 is 1.31. The largest absolute Gasteiger partial charge is 0.461 e. The zero-order chi connectivity index (χ0) is 22.2. The first-order chi connectivity index (χ1) is 15.0. The third-order valence-corrected chi connectivity index (χ3v) is 5.65. The number of carbonyl (C=O) groups is 2. The summed E-state index contributed by atoms with van der Waals surface area (Å²) < 4.78 is 7.33. The third kappa shape index (κ3) is 5.75. The number of carbonyl (C=O) groups excluding carboxylic acids is 2. The van der Waals surface area contributed by atoms with Crippen molar-refractivity contribution in [1.82, 2.24) is 19.7 Å². The monoisotopic (exact) mass is 441 g/mol. The third-order valence-electron chi connectivity index (χ3n) is 4.70. The van der Waals surface area contributed by atoms with E-state index in [1.807, 2.05) is 55.7 Å². The molecule has 0 fully saturated rings. The molecule has 0 unspecified atom stereocenters. The Morgan fingerprint density at radius 2 is 1.97 bits per heavy atom. The van der Waals surface area contributed by atoms with E-state index in [1.54, 1.807) is 17.2 Å². The van der Waals surface area contributed by atoms with Gasteiger partial charge in [0, 0.05) is 18.8 Å². The number of aryl methyl sites for hydroxylation is 1. The molecular formula is C22H27N5O3S. The first-order valence-corrected chi connectivity index (χ1v) is 11.2. The normalized spacial score (nSPS) is 10.8. The minimum absolute atomic E-state index is 0.0136. The Hall–Kier alpha value is -3.07. The molecule has 2 heterocycles. The lowest BCUT2D eigenvalue weighted by Crippen LogP contribution is -2.39. The first kappa shape index (κ1) is 22.6. The van der Waals surface area contributed by atoms with Gasteiger partial charge in [0.2, 0.25) is 11.8 Å². The van der Waals surface area contributed by atoms with Gasteiger partial charge in [-0.05, 0) is 44.0 Å². The number of nitrogens with zero attached hydrogens (tertiary/aromatic N) is 4. The molecule has 0 aliphatic heterocycles. The molecule has 2 amide bonds. The summed E-state index contributed by atoms with van der Waals surface area (Å²) in [5, 5.41) is 11.9. The number of rotatable bonds is 10. The molecule has 0 aliphatic rings. The second kappa shape index (κ2) is 10.8. The van der Waals surface area contributed by atoms with Gasteiger partial charge < -0.3 is 14.6 Å². The van der Waals surface area contributed by atoms with Crippen LogP contribution in [-0.4, -0.2) is 50.3 Å². The Bertz CT molecular complexity index is 1020. The summed E-state index contributed by atoms with van der Waals surface area (Å²) in [4.78, 5) is 26.9. The molecule has 8 nitrogen and oxygen atoms in total. The summed E-state index contributed by atoms with van der Waals surface area (Å²) in [7, 11) is 0. The SMILES string of the molecule is CCCN(CC(=O)Nc1ccccc1C)C(=O)CSc1nnc(-c2ccco2)n1CC. The lowest BCUT2D eigenvalue weighted by Gasteiger charge is -2.21. The van der Waals surface area contributed by atoms with Gasteiger partial charge in [-0.2, -0.15) is 0 Å². The number of furan rings is 1. The maximum Gasteiger partial charge on any atom is 0.244 e. The van der Waals surface area contributed by atoms with Crippen molar-refractivity contribution in [3.05, 3.63) is 48.2 Å². The average Bonchev–Trinajstić information content (AvgIpc) is 3.42. The van der Waals surface area contributed by atoms with Crippen LogP contribution >= 0.6 is 11.8 Å². The standard InChI is InChI=1S/C22H27N5O3S/c1-4-12-26(14-19(28)23-17-10-7-6-9-16(17)3)20(29)15-31-22-25-24-21(27(22)5-2)18-11-8-13-30-18/h6-11,13H,4-5,12,14-15H2,1-3H3,(H,23,28). The molecule has 3 rings (SSSR count). The van der Waals surface area contributed by atoms with Crippen LogP contribution in [0.1, 0.15) is 25.8 Å². The highest BCUT2D eigenvalue weighted by Crippen LogP contribution is 2.24. The van der Waals surface area contributed by atoms with Crippen LogP contribution in [0.3, 0.4) is 0 Å². The molecule has 0 bridgehead atoms. The van der Waals surface area contributed by atoms with Crippen molar-refractivity contribution in [1.29, 1.82) is 0 Å². The van der Waals surface area contributed by atoms with Crippen molar-refractivity contribution in [3.8, 4) is 11.6 Å². The summed E-state index contributed by atoms with van der Waals surface area (Å²) in [6.07, 6.45) is 2.35. The quantitative estimate of drug-likeness (QED) is 0.481. The summed E-state index contributed by atoms with van der Waals surface area (Å²) in [6, 6.07) is 11.2. The molecule has 1 aromatic carbocycles. The maximum absolute atomic E-state index is 12.8. The number of para-hydroxylation sites is 1. The predicted molar refractivity (Wildman–Crippen MR) is 121 cm³/mol. The van der Waals surface area contributed by atoms with Crippen LogP contribution in [0.2, 0.25) is 0 Å². The van der Waals surface area contributed by atoms with Crippen molar-refractivity contribution in [3.63, 3.8) is 0 Å². The van der Waals surface area contributed by atoms with E-state index in [2.05, 4.69) is 15.5 Å². The van der Waals surface area contributed by atoms with E-state index < -0.39 is 0 Å². The average molecular weight is 442 g/mol. The molecule has 0 saturated heterocycles. The number of thioether (sulfide) groups is 1. The molecule has 2 aromatic heterocycles. The zero-order valence-electron chi connectivity index (χ0n) is 18.0. The Labute approximate surface area is 186 Å². The second-order valence-electron chi connectivity index (χ2n) is 6.99. The number of anilines is 1. The fourth-order valence-corrected chi connectivity index (χ4v) is 4.03. The van der Waals surface area contributed by atoms with Crippen molar-refractivity contribution >= 4 is 29.3 Å². The molecule has 3 aromatic rings. The maximum atomic E-state index is 12.8. The van der Waals surface area contributed by atoms with Gasteiger partial charge in [-0.25, -0.2) is 0 Å². The summed E-state index contributed by atoms with van der Waals surface area (Å²) in [5.74, 6) is 1.11. The highest BCUT2D eigenvalue weighted by Gasteiger charge is 2.20. The van der Waals surface area contributed by atoms with Crippen molar-refractivity contribution in [2.75, 3.05) is 24.2 Å². The number of hydrogen-bond donors (Lipinski definition) is 1. The van der Waals surface area contributed by atoms with Gasteiger partial charge in [-0.15, -0.1) is 10.2 Å². The van der Waals surface area contributed by atoms with E-state index >= 15 is 0 Å². The topological polar surface area (TPSA) is 93.3 Å². The van der Waals surface area contributed by atoms with Gasteiger partial charge >= 0.3 is 0 Å². The highest BCUT2D eigenvalue weighted by atomic mass is 32.2. The van der Waals surface area contributed by atoms with E-state index in [-0.39, 0.29) is 24.1 Å². The fourth-order valence-electron chi connectivity index (χ4n) is 3.12. The first-order valence-electron chi connectivity index (χ1n) is 10.3. The number of aromatic nitrogens is 3. The van der Waals surface area contributed by atoms with Crippen LogP contribution in [0.25, 0.3) is 11.6 Å². The molecule has 0 saturated carbocycles. The van der Waals surface area contributed by atoms with E-state index in [0.717, 1.165) is 17.7 Å². The second-order valence-corrected chi connectivity index (χ2v) is 7.94. The Balaban J connectivity index is 1.62. The van der Waals surface area contributed by atoms with Crippen molar-refractivity contribution in [2.45, 2.75) is 38.9 Å². The lowest BCUT2D eigenvalue weighted by atomic mass is 10.2. The van der Waals surface area contributed by atoms with Crippen LogP contribution in [0.4, 0.5) is 5.69 Å². The molecule has 0 spiro atoms. The van der Waals surface area contributed by atoms with Crippen molar-refractivity contribution < 1.29 is 14.0 Å². The van der Waals surface area contributed by atoms with Gasteiger partial charge in [0.15, 0.2) is 16.7 Å². The van der Waals surface area contributed by atoms with Gasteiger partial charge in [-0.1, -0.05) is 36.9 Å². The molecule has 31 heavy (non-hydrogen) atoms. The number of nitrogens with one attached hydrogen (secondary N) is 1. The van der Waals surface area contributed by atoms with Crippen molar-refractivity contribution in [2.24, 2.45) is 0 Å². The molecule has 0 atom stereocenters. The van der Waals surface area contributed by atoms with Gasteiger partial charge in [0.25, 0.3) is 0 Å². The van der Waals surface area contributed by atoms with Crippen LogP contribution in [0.15, 0.2) is 52.2 Å². The van der Waals surface area contributed by atoms with Crippen LogP contribution in [0.5, 0.6) is 0 Å². The van der Waals surface area contributed by atoms with Crippen LogP contribution < -0.4 is 5.32 Å². The van der Waals surface area contributed by atoms with Crippen LogP contribution in [0, 0.1) is 6.92 Å². The summed E-state index contributed by atoms with van der Waals surface area (Å²) in [5.41, 5.74) is 1.73. The number of benzene rings is 1. The predicted octanol–water partition coefficient (Wildman–Crippen LogP) is 3.84. The van der Waals surface area contributed by atoms with E-state index in [4.69, 9.17) is 4.42 Å². The van der Waals surface area contributed by atoms with Gasteiger partial charge in [0.05, 0.1) is 18.6 Å². The molecule has 0 aliphatic carbocycles. The molecular weight excluding hydrogens is 414 g/mol. The summed E-state index contributed by atoms with van der Waals surface area (Å²) in [6.45, 7) is 7.08. The van der Waals surface area contributed by atoms with E-state index in [0.29, 0.717) is 29.8 Å². The Kier molecular flexibility index (Phi) is 7.88. The van der Waals surface area contributed by atoms with Crippen LogP contribution in [-0.2, 0) is 16.1 Å².